The van der Waals surface area contributed by atoms with E-state index in [1.54, 1.807) is 19.9 Å². The predicted molar refractivity (Wildman–Crippen MR) is 214 cm³/mol. The molecular formula is C43H58N3O12P. The van der Waals surface area contributed by atoms with Gasteiger partial charge >= 0.3 is 13.7 Å². The third kappa shape index (κ3) is 9.18. The van der Waals surface area contributed by atoms with E-state index in [0.717, 1.165) is 29.7 Å². The first kappa shape index (κ1) is 43.4. The van der Waals surface area contributed by atoms with Gasteiger partial charge in [0.1, 0.15) is 12.1 Å². The molecule has 3 amide bonds. The topological polar surface area (TPSA) is 180 Å². The number of carboxylic acid groups (broad SMARTS) is 1. The number of carbonyl (C=O) groups excluding carboxylic acids is 2. The maximum atomic E-state index is 14.3. The quantitative estimate of drug-likeness (QED) is 0.128. The van der Waals surface area contributed by atoms with Crippen LogP contribution >= 0.6 is 7.60 Å². The lowest BCUT2D eigenvalue weighted by molar-refractivity contribution is -0.578. The minimum absolute atomic E-state index is 0.00302. The van der Waals surface area contributed by atoms with E-state index in [1.807, 2.05) is 67.6 Å². The number of nitrogens with one attached hydrogen (secondary N) is 2. The molecule has 15 nitrogen and oxygen atoms in total. The highest BCUT2D eigenvalue weighted by Gasteiger charge is 2.69. The van der Waals surface area contributed by atoms with Gasteiger partial charge in [0, 0.05) is 36.9 Å². The lowest BCUT2D eigenvalue weighted by atomic mass is 9.58. The highest BCUT2D eigenvalue weighted by atomic mass is 31.2. The highest BCUT2D eigenvalue weighted by molar-refractivity contribution is 7.57. The second kappa shape index (κ2) is 18.1. The standard InChI is InChI=1S/C43H58N3O12P/c1-6-52-59(51,53-7-2)23-21-34(30-16-12-9-13-17-30)44-37(47)35(24-29-14-10-8-11-15-29)45-38(48)36-25-31(26-46(36)41(49)50)54-39-28(4)33-19-18-27(3)32-20-22-42(5)56-40(55-39)43(32,33)58-57-42/h8-17,21,23,27-28,31-36,39-40H,6-7,18-20,22,24-26H2,1-5H3,(H,44,47)(H,45,48)(H,49,50)/b23-21+/t27-,28-,31-,32+,33+,34?,35+,36+,39+,40-,42-,43-/m1/s1. The van der Waals surface area contributed by atoms with Crippen molar-refractivity contribution in [2.75, 3.05) is 19.8 Å². The van der Waals surface area contributed by atoms with Crippen molar-refractivity contribution in [3.05, 3.63) is 83.7 Å². The molecule has 1 unspecified atom stereocenters. The van der Waals surface area contributed by atoms with Crippen LogP contribution in [0, 0.1) is 23.7 Å². The molecule has 2 bridgehead atoms. The van der Waals surface area contributed by atoms with Gasteiger partial charge in [-0.1, -0.05) is 74.5 Å². The zero-order chi connectivity index (χ0) is 42.0. The molecule has 2 aromatic rings. The summed E-state index contributed by atoms with van der Waals surface area (Å²) in [6.07, 6.45) is 1.68. The Balaban J connectivity index is 1.08. The number of amides is 3. The molecule has 1 aliphatic carbocycles. The number of benzene rings is 2. The zero-order valence-corrected chi connectivity index (χ0v) is 35.3. The van der Waals surface area contributed by atoms with Crippen LogP contribution in [0.4, 0.5) is 4.79 Å². The number of rotatable bonds is 15. The molecule has 16 heteroatoms. The van der Waals surface area contributed by atoms with Crippen LogP contribution in [0.15, 0.2) is 72.6 Å². The normalized spacial score (nSPS) is 33.8. The first-order chi connectivity index (χ1) is 28.3. The molecule has 1 saturated carbocycles. The Labute approximate surface area is 345 Å². The second-order valence-electron chi connectivity index (χ2n) is 16.6. The number of fused-ring (bicyclic) bond motifs is 2. The van der Waals surface area contributed by atoms with Gasteiger partial charge < -0.3 is 39.0 Å². The molecule has 1 spiro atoms. The number of nitrogens with zero attached hydrogens (tertiary/aromatic N) is 1. The van der Waals surface area contributed by atoms with E-state index in [1.165, 1.54) is 5.82 Å². The van der Waals surface area contributed by atoms with E-state index in [-0.39, 0.29) is 50.4 Å². The van der Waals surface area contributed by atoms with E-state index in [2.05, 4.69) is 24.5 Å². The molecule has 5 aliphatic heterocycles. The Hall–Kier alpha value is -3.66. The van der Waals surface area contributed by atoms with Crippen molar-refractivity contribution in [3.63, 3.8) is 0 Å². The number of carbonyl (C=O) groups is 3. The molecule has 5 saturated heterocycles. The SMILES string of the molecule is CCOP(=O)(/C=C/C(NC(=O)[C@H](Cc1ccccc1)NC(=O)[C@@H]1C[C@@H](O[C@H]2O[C@@H]3O[C@@]4(C)CC[C@H]5[C@H](C)CC[C@@H]([C@H]2C)[C@@]35OO4)CN1C(=O)O)c1ccccc1)OCC. The summed E-state index contributed by atoms with van der Waals surface area (Å²) >= 11 is 0. The van der Waals surface area contributed by atoms with E-state index in [4.69, 9.17) is 33.0 Å². The van der Waals surface area contributed by atoms with Gasteiger partial charge in [-0.05, 0) is 69.1 Å². The van der Waals surface area contributed by atoms with Crippen molar-refractivity contribution in [2.24, 2.45) is 23.7 Å². The molecule has 6 fully saturated rings. The first-order valence-corrected chi connectivity index (χ1v) is 22.5. The van der Waals surface area contributed by atoms with Gasteiger partial charge in [-0.3, -0.25) is 19.1 Å². The molecular weight excluding hydrogens is 781 g/mol. The molecule has 2 aromatic carbocycles. The van der Waals surface area contributed by atoms with Crippen LogP contribution < -0.4 is 10.6 Å². The van der Waals surface area contributed by atoms with E-state index < -0.39 is 73.7 Å². The third-order valence-corrected chi connectivity index (χ3v) is 14.5. The largest absolute Gasteiger partial charge is 0.465 e. The molecule has 0 radical (unpaired) electrons. The van der Waals surface area contributed by atoms with Gasteiger partial charge in [-0.2, -0.15) is 0 Å². The van der Waals surface area contributed by atoms with Crippen molar-refractivity contribution in [1.29, 1.82) is 0 Å². The maximum Gasteiger partial charge on any atom is 0.408 e. The summed E-state index contributed by atoms with van der Waals surface area (Å²) in [5, 5.41) is 16.2. The smallest absolute Gasteiger partial charge is 0.408 e. The molecule has 12 atom stereocenters. The van der Waals surface area contributed by atoms with Crippen LogP contribution in [0.5, 0.6) is 0 Å². The molecule has 6 aliphatic rings. The molecule has 59 heavy (non-hydrogen) atoms. The summed E-state index contributed by atoms with van der Waals surface area (Å²) < 4.78 is 43.9. The van der Waals surface area contributed by atoms with Crippen LogP contribution in [0.2, 0.25) is 0 Å². The summed E-state index contributed by atoms with van der Waals surface area (Å²) in [6.45, 7) is 9.81. The first-order valence-electron chi connectivity index (χ1n) is 20.9. The fourth-order valence-corrected chi connectivity index (χ4v) is 11.1. The Morgan fingerprint density at radius 2 is 1.66 bits per heavy atom. The maximum absolute atomic E-state index is 14.3. The minimum atomic E-state index is -3.62. The summed E-state index contributed by atoms with van der Waals surface area (Å²) in [6, 6.07) is 15.3. The highest BCUT2D eigenvalue weighted by Crippen LogP contribution is 2.60. The Morgan fingerprint density at radius 3 is 2.34 bits per heavy atom. The van der Waals surface area contributed by atoms with Crippen LogP contribution in [0.1, 0.15) is 83.9 Å². The average Bonchev–Trinajstić information content (AvgIpc) is 3.52. The van der Waals surface area contributed by atoms with Gasteiger partial charge in [0.05, 0.1) is 31.9 Å². The third-order valence-electron chi connectivity index (χ3n) is 12.7. The molecule has 0 aromatic heterocycles. The van der Waals surface area contributed by atoms with Gasteiger partial charge in [-0.25, -0.2) is 14.6 Å². The molecule has 8 rings (SSSR count). The van der Waals surface area contributed by atoms with Crippen molar-refractivity contribution >= 4 is 25.5 Å². The number of hydrogen-bond acceptors (Lipinski definition) is 11. The fourth-order valence-electron chi connectivity index (χ4n) is 9.73. The van der Waals surface area contributed by atoms with Crippen LogP contribution in [-0.4, -0.2) is 89.8 Å². The molecule has 3 N–H and O–H groups in total. The lowest BCUT2D eigenvalue weighted by Crippen LogP contribution is -2.70. The van der Waals surface area contributed by atoms with Crippen molar-refractivity contribution in [2.45, 2.75) is 121 Å². The second-order valence-corrected chi connectivity index (χ2v) is 18.5. The Kier molecular flexibility index (Phi) is 13.3. The zero-order valence-electron chi connectivity index (χ0n) is 34.4. The lowest BCUT2D eigenvalue weighted by Gasteiger charge is -2.60. The summed E-state index contributed by atoms with van der Waals surface area (Å²) in [5.74, 6) is -0.382. The van der Waals surface area contributed by atoms with Gasteiger partial charge in [-0.15, -0.1) is 0 Å². The van der Waals surface area contributed by atoms with E-state index in [0.29, 0.717) is 17.9 Å². The average molecular weight is 840 g/mol. The Bertz CT molecular complexity index is 1860. The molecule has 322 valence electrons. The fraction of sp³-hybridized carbons (Fsp3) is 0.605. The minimum Gasteiger partial charge on any atom is -0.465 e. The van der Waals surface area contributed by atoms with E-state index >= 15 is 0 Å². The van der Waals surface area contributed by atoms with E-state index in [9.17, 15) is 24.1 Å². The van der Waals surface area contributed by atoms with Gasteiger partial charge in [0.15, 0.2) is 18.2 Å². The van der Waals surface area contributed by atoms with Crippen molar-refractivity contribution in [1.82, 2.24) is 15.5 Å². The van der Waals surface area contributed by atoms with Gasteiger partial charge in [0.2, 0.25) is 17.6 Å². The van der Waals surface area contributed by atoms with Crippen LogP contribution in [0.3, 0.4) is 0 Å². The number of likely N-dealkylation sites (tertiary alicyclic amines) is 1. The predicted octanol–water partition coefficient (Wildman–Crippen LogP) is 6.70. The van der Waals surface area contributed by atoms with Crippen LogP contribution in [-0.2, 0) is 53.6 Å². The van der Waals surface area contributed by atoms with Crippen molar-refractivity contribution < 1.29 is 57.1 Å². The van der Waals surface area contributed by atoms with Gasteiger partial charge in [0.25, 0.3) is 0 Å². The monoisotopic (exact) mass is 839 g/mol. The summed E-state index contributed by atoms with van der Waals surface area (Å²) in [4.78, 5) is 54.4. The Morgan fingerprint density at radius 1 is 0.966 bits per heavy atom. The summed E-state index contributed by atoms with van der Waals surface area (Å²) in [5.41, 5.74) is 0.680. The summed E-state index contributed by atoms with van der Waals surface area (Å²) in [7, 11) is -3.62. The number of ether oxygens (including phenoxy) is 3. The van der Waals surface area contributed by atoms with Crippen molar-refractivity contribution in [3.8, 4) is 0 Å². The van der Waals surface area contributed by atoms with Crippen LogP contribution in [0.25, 0.3) is 0 Å². The number of hydrogen-bond donors (Lipinski definition) is 3. The molecule has 5 heterocycles.